The van der Waals surface area contributed by atoms with Crippen LogP contribution in [-0.2, 0) is 9.16 Å². The van der Waals surface area contributed by atoms with Crippen LogP contribution in [0.2, 0.25) is 19.1 Å². The van der Waals surface area contributed by atoms with Crippen LogP contribution in [0.5, 0.6) is 0 Å². The first-order valence-electron chi connectivity index (χ1n) is 13.9. The van der Waals surface area contributed by atoms with Gasteiger partial charge >= 0.3 is 12.1 Å². The van der Waals surface area contributed by atoms with Crippen molar-refractivity contribution in [2.75, 3.05) is 45.9 Å². The molecule has 0 heterocycles. The summed E-state index contributed by atoms with van der Waals surface area (Å²) >= 11 is 0. The fourth-order valence-corrected chi connectivity index (χ4v) is 6.49. The third kappa shape index (κ3) is 9.45. The van der Waals surface area contributed by atoms with E-state index in [9.17, 15) is 9.59 Å². The molecule has 0 saturated carbocycles. The van der Waals surface area contributed by atoms with Crippen molar-refractivity contribution in [3.05, 3.63) is 59.7 Å². The van der Waals surface area contributed by atoms with Gasteiger partial charge in [-0.25, -0.2) is 9.59 Å². The van der Waals surface area contributed by atoms with Crippen LogP contribution in [0.3, 0.4) is 0 Å². The molecule has 0 unspecified atom stereocenters. The Morgan fingerprint density at radius 1 is 0.816 bits per heavy atom. The van der Waals surface area contributed by atoms with Gasteiger partial charge in [0.2, 0.25) is 0 Å². The first-order chi connectivity index (χ1) is 18.4. The van der Waals surface area contributed by atoms with Crippen molar-refractivity contribution < 1.29 is 18.8 Å². The van der Waals surface area contributed by atoms with E-state index in [0.717, 1.165) is 32.2 Å². The van der Waals surface area contributed by atoms with Crippen molar-refractivity contribution in [2.24, 2.45) is 0 Å². The van der Waals surface area contributed by atoms with Gasteiger partial charge in [-0.3, -0.25) is 0 Å². The number of ether oxygens (including phenoxy) is 1. The van der Waals surface area contributed by atoms with Gasteiger partial charge in [0.15, 0.2) is 8.32 Å². The zero-order chi connectivity index (χ0) is 27.2. The van der Waals surface area contributed by atoms with Crippen LogP contribution in [0.1, 0.15) is 43.2 Å². The van der Waals surface area contributed by atoms with Crippen molar-refractivity contribution >= 4 is 20.4 Å². The second kappa shape index (κ2) is 15.5. The largest absolute Gasteiger partial charge is 0.449 e. The molecule has 0 aliphatic heterocycles. The fourth-order valence-electron chi connectivity index (χ4n) is 4.67. The molecular formula is C29H44N4O4Si. The van der Waals surface area contributed by atoms with Crippen molar-refractivity contribution in [3.8, 4) is 11.1 Å². The molecule has 4 N–H and O–H groups in total. The van der Waals surface area contributed by atoms with Crippen molar-refractivity contribution in [2.45, 2.75) is 51.2 Å². The zero-order valence-corrected chi connectivity index (χ0v) is 24.1. The fraction of sp³-hybridized carbons (Fsp3) is 0.517. The normalized spacial score (nSPS) is 12.5. The lowest BCUT2D eigenvalue weighted by atomic mass is 9.98. The average Bonchev–Trinajstić information content (AvgIpc) is 3.23. The number of carbonyl (C=O) groups is 2. The minimum Gasteiger partial charge on any atom is -0.449 e. The number of urea groups is 1. The van der Waals surface area contributed by atoms with E-state index in [1.807, 2.05) is 24.3 Å². The molecule has 1 aliphatic rings. The lowest BCUT2D eigenvalue weighted by Crippen LogP contribution is -2.41. The highest BCUT2D eigenvalue weighted by Crippen LogP contribution is 2.44. The Labute approximate surface area is 228 Å². The molecule has 1 aliphatic carbocycles. The number of amides is 3. The molecule has 0 spiro atoms. The molecule has 0 saturated heterocycles. The van der Waals surface area contributed by atoms with E-state index in [-0.39, 0.29) is 18.6 Å². The smallest absolute Gasteiger partial charge is 0.407 e. The van der Waals surface area contributed by atoms with Crippen LogP contribution in [-0.4, -0.2) is 66.4 Å². The summed E-state index contributed by atoms with van der Waals surface area (Å²) in [6.45, 7) is 10.8. The summed E-state index contributed by atoms with van der Waals surface area (Å²) in [4.78, 5) is 24.3. The van der Waals surface area contributed by atoms with Gasteiger partial charge < -0.3 is 30.4 Å². The Kier molecular flexibility index (Phi) is 12.1. The molecule has 38 heavy (non-hydrogen) atoms. The Bertz CT molecular complexity index is 988. The Morgan fingerprint density at radius 2 is 1.45 bits per heavy atom. The third-order valence-electron chi connectivity index (χ3n) is 6.74. The minimum absolute atomic E-state index is 0.0259. The van der Waals surface area contributed by atoms with Crippen LogP contribution < -0.4 is 21.3 Å². The number of unbranched alkanes of at least 4 members (excludes halogenated alkanes) is 1. The minimum atomic E-state index is -1.72. The molecule has 3 amide bonds. The molecule has 208 valence electrons. The molecule has 0 fully saturated rings. The van der Waals surface area contributed by atoms with E-state index in [0.29, 0.717) is 19.6 Å². The van der Waals surface area contributed by atoms with Gasteiger partial charge in [-0.05, 0) is 60.8 Å². The van der Waals surface area contributed by atoms with Crippen LogP contribution in [0.4, 0.5) is 9.59 Å². The number of benzene rings is 2. The van der Waals surface area contributed by atoms with E-state index in [4.69, 9.17) is 9.16 Å². The second-order valence-electron chi connectivity index (χ2n) is 10.3. The van der Waals surface area contributed by atoms with E-state index in [1.54, 1.807) is 0 Å². The number of carbonyl (C=O) groups excluding carboxylic acids is 2. The van der Waals surface area contributed by atoms with Crippen molar-refractivity contribution in [3.63, 3.8) is 0 Å². The summed E-state index contributed by atoms with van der Waals surface area (Å²) in [6, 6.07) is 17.2. The molecule has 0 atom stereocenters. The summed E-state index contributed by atoms with van der Waals surface area (Å²) in [7, 11) is -1.72. The van der Waals surface area contributed by atoms with E-state index in [2.05, 4.69) is 65.6 Å². The van der Waals surface area contributed by atoms with E-state index < -0.39 is 14.4 Å². The van der Waals surface area contributed by atoms with Crippen LogP contribution >= 0.6 is 0 Å². The van der Waals surface area contributed by atoms with Crippen LogP contribution in [0, 0.1) is 0 Å². The highest BCUT2D eigenvalue weighted by Gasteiger charge is 2.29. The molecular weight excluding hydrogens is 496 g/mol. The quantitative estimate of drug-likeness (QED) is 0.181. The van der Waals surface area contributed by atoms with Gasteiger partial charge in [0.05, 0.1) is 0 Å². The molecule has 2 aromatic rings. The van der Waals surface area contributed by atoms with Gasteiger partial charge in [0.1, 0.15) is 6.61 Å². The predicted molar refractivity (Wildman–Crippen MR) is 155 cm³/mol. The number of fused-ring (bicyclic) bond motifs is 3. The van der Waals surface area contributed by atoms with Gasteiger partial charge in [0, 0.05) is 38.7 Å². The molecule has 0 bridgehead atoms. The highest BCUT2D eigenvalue weighted by molar-refractivity contribution is 6.71. The lowest BCUT2D eigenvalue weighted by Gasteiger charge is -2.23. The third-order valence-corrected chi connectivity index (χ3v) is 9.29. The number of alkyl carbamates (subject to hydrolysis) is 1. The number of hydrogen-bond acceptors (Lipinski definition) is 5. The predicted octanol–water partition coefficient (Wildman–Crippen LogP) is 4.83. The summed E-state index contributed by atoms with van der Waals surface area (Å²) in [5.41, 5.74) is 4.75. The van der Waals surface area contributed by atoms with Gasteiger partial charge in [-0.15, -0.1) is 0 Å². The molecule has 0 radical (unpaired) electrons. The van der Waals surface area contributed by atoms with Gasteiger partial charge in [0.25, 0.3) is 0 Å². The standard InChI is InChI=1S/C29H44N4O4Si/c1-4-5-15-30-19-20-37-38(2,3)21-10-16-31-28(34)32-17-18-33-29(35)36-22-27-25-13-8-6-11-23(25)24-12-7-9-14-26(24)27/h6-9,11-14,27,30H,4-5,10,15-22H2,1-3H3,(H,33,35)(H2,31,32,34). The average molecular weight is 541 g/mol. The number of rotatable bonds is 16. The van der Waals surface area contributed by atoms with E-state index in [1.165, 1.54) is 35.1 Å². The maximum Gasteiger partial charge on any atom is 0.407 e. The van der Waals surface area contributed by atoms with Crippen LogP contribution in [0.25, 0.3) is 11.1 Å². The van der Waals surface area contributed by atoms with Gasteiger partial charge in [-0.1, -0.05) is 61.9 Å². The number of hydrogen-bond donors (Lipinski definition) is 4. The van der Waals surface area contributed by atoms with Gasteiger partial charge in [-0.2, -0.15) is 0 Å². The summed E-state index contributed by atoms with van der Waals surface area (Å²) < 4.78 is 11.6. The molecule has 9 heteroatoms. The summed E-state index contributed by atoms with van der Waals surface area (Å²) in [5.74, 6) is 0.0259. The zero-order valence-electron chi connectivity index (χ0n) is 23.1. The Hall–Kier alpha value is -2.88. The summed E-state index contributed by atoms with van der Waals surface area (Å²) in [5, 5.41) is 11.8. The van der Waals surface area contributed by atoms with Crippen molar-refractivity contribution in [1.82, 2.24) is 21.3 Å². The first kappa shape index (κ1) is 29.7. The van der Waals surface area contributed by atoms with E-state index >= 15 is 0 Å². The molecule has 0 aromatic heterocycles. The van der Waals surface area contributed by atoms with Crippen molar-refractivity contribution in [1.29, 1.82) is 0 Å². The monoisotopic (exact) mass is 540 g/mol. The SMILES string of the molecule is CCCCNCCO[Si](C)(C)CCCNC(=O)NCCNC(=O)OCC1c2ccccc2-c2ccccc21. The molecule has 2 aromatic carbocycles. The topological polar surface area (TPSA) is 101 Å². The highest BCUT2D eigenvalue weighted by atomic mass is 28.4. The second-order valence-corrected chi connectivity index (χ2v) is 14.6. The summed E-state index contributed by atoms with van der Waals surface area (Å²) in [6.07, 6.45) is 2.79. The maximum absolute atomic E-state index is 12.2. The first-order valence-corrected chi connectivity index (χ1v) is 17.0. The molecule has 8 nitrogen and oxygen atoms in total. The van der Waals surface area contributed by atoms with Crippen LogP contribution in [0.15, 0.2) is 48.5 Å². The Balaban J connectivity index is 1.24. The lowest BCUT2D eigenvalue weighted by molar-refractivity contribution is 0.143. The Morgan fingerprint density at radius 3 is 2.13 bits per heavy atom. The molecule has 3 rings (SSSR count). The number of nitrogens with one attached hydrogen (secondary N) is 4. The maximum atomic E-state index is 12.2.